The molecular formula is C31H34N2O6. The van der Waals surface area contributed by atoms with Gasteiger partial charge in [0.2, 0.25) is 5.91 Å². The smallest absolute Gasteiger partial charge is 0.266 e. The van der Waals surface area contributed by atoms with E-state index in [1.165, 1.54) is 4.90 Å². The first-order valence-electron chi connectivity index (χ1n) is 13.6. The number of fused-ring (bicyclic) bond motifs is 1. The van der Waals surface area contributed by atoms with E-state index < -0.39 is 24.0 Å². The van der Waals surface area contributed by atoms with E-state index in [1.807, 2.05) is 68.4 Å². The lowest BCUT2D eigenvalue weighted by Gasteiger charge is -2.29. The number of carbonyl (C=O) groups is 2. The topological polar surface area (TPSA) is 77.5 Å². The molecule has 2 heterocycles. The summed E-state index contributed by atoms with van der Waals surface area (Å²) in [5.74, 6) is 0.209. The van der Waals surface area contributed by atoms with Crippen molar-refractivity contribution in [2.45, 2.75) is 45.8 Å². The number of hydrogen-bond donors (Lipinski definition) is 0. The molecule has 0 radical (unpaired) electrons. The SMILES string of the molecule is CCCCOc1ccc([C@@H]2[C@H]3C(=O)N(c4ccccc4OCC)C(=O)[C@@H]3ON2c2ccccc2)cc1OCC. The molecule has 2 amide bonds. The summed E-state index contributed by atoms with van der Waals surface area (Å²) in [6.07, 6.45) is 0.981. The van der Waals surface area contributed by atoms with Gasteiger partial charge in [-0.15, -0.1) is 0 Å². The molecule has 2 saturated heterocycles. The van der Waals surface area contributed by atoms with E-state index in [0.717, 1.165) is 24.1 Å². The van der Waals surface area contributed by atoms with E-state index in [0.29, 0.717) is 42.8 Å². The highest BCUT2D eigenvalue weighted by Gasteiger charge is 2.60. The maximum atomic E-state index is 14.1. The molecule has 8 heteroatoms. The second kappa shape index (κ2) is 11.8. The number of benzene rings is 3. The third kappa shape index (κ3) is 5.04. The number of hydroxylamine groups is 1. The summed E-state index contributed by atoms with van der Waals surface area (Å²) in [4.78, 5) is 35.3. The molecule has 2 aliphatic heterocycles. The lowest BCUT2D eigenvalue weighted by molar-refractivity contribution is -0.126. The Labute approximate surface area is 229 Å². The van der Waals surface area contributed by atoms with Gasteiger partial charge < -0.3 is 14.2 Å². The second-order valence-corrected chi connectivity index (χ2v) is 9.41. The molecule has 5 rings (SSSR count). The van der Waals surface area contributed by atoms with Crippen molar-refractivity contribution in [1.29, 1.82) is 0 Å². The fourth-order valence-corrected chi connectivity index (χ4v) is 5.13. The van der Waals surface area contributed by atoms with Gasteiger partial charge in [0, 0.05) is 0 Å². The van der Waals surface area contributed by atoms with E-state index in [1.54, 1.807) is 23.3 Å². The normalized spacial score (nSPS) is 20.3. The number of hydrogen-bond acceptors (Lipinski definition) is 7. The van der Waals surface area contributed by atoms with Gasteiger partial charge in [0.05, 0.1) is 37.2 Å². The van der Waals surface area contributed by atoms with Gasteiger partial charge >= 0.3 is 0 Å². The number of unbranched alkanes of at least 4 members (excludes halogenated alkanes) is 1. The van der Waals surface area contributed by atoms with Gasteiger partial charge in [0.25, 0.3) is 5.91 Å². The standard InChI is InChI=1S/C31H34N2O6/c1-4-7-19-38-25-18-17-21(20-26(25)37-6-3)28-27-29(39-33(28)22-13-9-8-10-14-22)31(35)32(30(27)34)23-15-11-12-16-24(23)36-5-2/h8-18,20,27-29H,4-7,19H2,1-3H3/t27-,28-,29-/m1/s1. The molecule has 0 aromatic heterocycles. The highest BCUT2D eigenvalue weighted by molar-refractivity contribution is 6.24. The largest absolute Gasteiger partial charge is 0.492 e. The predicted molar refractivity (Wildman–Crippen MR) is 148 cm³/mol. The number of carbonyl (C=O) groups excluding carboxylic acids is 2. The molecule has 2 aliphatic rings. The van der Waals surface area contributed by atoms with Gasteiger partial charge in [0.1, 0.15) is 11.7 Å². The van der Waals surface area contributed by atoms with Crippen LogP contribution in [0.15, 0.2) is 72.8 Å². The Hall–Kier alpha value is -4.04. The zero-order valence-electron chi connectivity index (χ0n) is 22.5. The number of imide groups is 1. The van der Waals surface area contributed by atoms with Crippen molar-refractivity contribution >= 4 is 23.2 Å². The van der Waals surface area contributed by atoms with Crippen molar-refractivity contribution in [2.24, 2.45) is 5.92 Å². The highest BCUT2D eigenvalue weighted by atomic mass is 16.7. The van der Waals surface area contributed by atoms with Crippen LogP contribution < -0.4 is 24.2 Å². The van der Waals surface area contributed by atoms with Crippen LogP contribution >= 0.6 is 0 Å². The van der Waals surface area contributed by atoms with Gasteiger partial charge in [-0.2, -0.15) is 0 Å². The fraction of sp³-hybridized carbons (Fsp3) is 0.355. The molecule has 0 saturated carbocycles. The number of anilines is 2. The molecular weight excluding hydrogens is 496 g/mol. The summed E-state index contributed by atoms with van der Waals surface area (Å²) < 4.78 is 17.7. The van der Waals surface area contributed by atoms with Crippen molar-refractivity contribution in [3.05, 3.63) is 78.4 Å². The summed E-state index contributed by atoms with van der Waals surface area (Å²) in [5.41, 5.74) is 1.96. The highest BCUT2D eigenvalue weighted by Crippen LogP contribution is 2.49. The lowest BCUT2D eigenvalue weighted by atomic mass is 9.90. The second-order valence-electron chi connectivity index (χ2n) is 9.41. The Morgan fingerprint density at radius 3 is 2.23 bits per heavy atom. The molecule has 3 aromatic rings. The number of ether oxygens (including phenoxy) is 3. The van der Waals surface area contributed by atoms with Crippen LogP contribution in [0.25, 0.3) is 0 Å². The first-order valence-corrected chi connectivity index (χ1v) is 13.6. The summed E-state index contributed by atoms with van der Waals surface area (Å²) in [7, 11) is 0. The number of rotatable bonds is 11. The van der Waals surface area contributed by atoms with Crippen LogP contribution in [0.4, 0.5) is 11.4 Å². The van der Waals surface area contributed by atoms with Gasteiger partial charge in [-0.3, -0.25) is 14.4 Å². The first-order chi connectivity index (χ1) is 19.1. The molecule has 0 bridgehead atoms. The zero-order valence-corrected chi connectivity index (χ0v) is 22.5. The Balaban J connectivity index is 1.56. The molecule has 8 nitrogen and oxygen atoms in total. The summed E-state index contributed by atoms with van der Waals surface area (Å²) in [6.45, 7) is 7.35. The van der Waals surface area contributed by atoms with Gasteiger partial charge in [-0.1, -0.05) is 49.7 Å². The van der Waals surface area contributed by atoms with Crippen molar-refractivity contribution in [1.82, 2.24) is 0 Å². The van der Waals surface area contributed by atoms with Crippen molar-refractivity contribution in [3.63, 3.8) is 0 Å². The monoisotopic (exact) mass is 530 g/mol. The van der Waals surface area contributed by atoms with E-state index in [4.69, 9.17) is 19.0 Å². The molecule has 0 N–H and O–H groups in total. The summed E-state index contributed by atoms with van der Waals surface area (Å²) >= 11 is 0. The molecule has 39 heavy (non-hydrogen) atoms. The van der Waals surface area contributed by atoms with Gasteiger partial charge in [0.15, 0.2) is 17.6 Å². The van der Waals surface area contributed by atoms with E-state index >= 15 is 0 Å². The molecule has 0 aliphatic carbocycles. The quantitative estimate of drug-likeness (QED) is 0.232. The Morgan fingerprint density at radius 1 is 0.769 bits per heavy atom. The van der Waals surface area contributed by atoms with E-state index in [9.17, 15) is 9.59 Å². The maximum absolute atomic E-state index is 14.1. The Kier molecular flexibility index (Phi) is 8.02. The molecule has 0 unspecified atom stereocenters. The van der Waals surface area contributed by atoms with Gasteiger partial charge in [-0.25, -0.2) is 9.96 Å². The Morgan fingerprint density at radius 2 is 1.49 bits per heavy atom. The summed E-state index contributed by atoms with van der Waals surface area (Å²) in [5, 5.41) is 1.68. The number of para-hydroxylation sites is 3. The van der Waals surface area contributed by atoms with Crippen molar-refractivity contribution < 1.29 is 28.6 Å². The first kappa shape index (κ1) is 26.6. The number of nitrogens with zero attached hydrogens (tertiary/aromatic N) is 2. The minimum absolute atomic E-state index is 0.332. The van der Waals surface area contributed by atoms with Crippen LogP contribution in [-0.4, -0.2) is 37.7 Å². The maximum Gasteiger partial charge on any atom is 0.266 e. The third-order valence-corrected chi connectivity index (χ3v) is 6.90. The molecule has 0 spiro atoms. The predicted octanol–water partition coefficient (Wildman–Crippen LogP) is 5.71. The minimum Gasteiger partial charge on any atom is -0.492 e. The van der Waals surface area contributed by atoms with Crippen LogP contribution in [0.3, 0.4) is 0 Å². The zero-order chi connectivity index (χ0) is 27.4. The van der Waals surface area contributed by atoms with Crippen molar-refractivity contribution in [3.8, 4) is 17.2 Å². The average Bonchev–Trinajstić information content (AvgIpc) is 3.46. The van der Waals surface area contributed by atoms with Crippen LogP contribution in [0, 0.1) is 5.92 Å². The van der Waals surface area contributed by atoms with E-state index in [2.05, 4.69) is 6.92 Å². The van der Waals surface area contributed by atoms with E-state index in [-0.39, 0.29) is 5.91 Å². The number of amides is 2. The third-order valence-electron chi connectivity index (χ3n) is 6.90. The fourth-order valence-electron chi connectivity index (χ4n) is 5.13. The van der Waals surface area contributed by atoms with Crippen LogP contribution in [0.5, 0.6) is 17.2 Å². The molecule has 2 fully saturated rings. The molecule has 204 valence electrons. The van der Waals surface area contributed by atoms with Crippen LogP contribution in [0.1, 0.15) is 45.2 Å². The average molecular weight is 531 g/mol. The van der Waals surface area contributed by atoms with Crippen LogP contribution in [0.2, 0.25) is 0 Å². The lowest BCUT2D eigenvalue weighted by Crippen LogP contribution is -2.37. The minimum atomic E-state index is -0.978. The summed E-state index contributed by atoms with van der Waals surface area (Å²) in [6, 6.07) is 21.7. The Bertz CT molecular complexity index is 1310. The molecule has 3 aromatic carbocycles. The molecule has 3 atom stereocenters. The van der Waals surface area contributed by atoms with Crippen molar-refractivity contribution in [2.75, 3.05) is 29.8 Å². The van der Waals surface area contributed by atoms with Gasteiger partial charge in [-0.05, 0) is 62.2 Å². The van der Waals surface area contributed by atoms with Crippen LogP contribution in [-0.2, 0) is 14.4 Å².